The summed E-state index contributed by atoms with van der Waals surface area (Å²) in [5.74, 6) is 0.197. The van der Waals surface area contributed by atoms with E-state index in [1.54, 1.807) is 25.6 Å². The van der Waals surface area contributed by atoms with Gasteiger partial charge in [0, 0.05) is 18.2 Å². The second-order valence-corrected chi connectivity index (χ2v) is 9.72. The van der Waals surface area contributed by atoms with Crippen molar-refractivity contribution in [3.05, 3.63) is 77.5 Å². The second-order valence-electron chi connectivity index (χ2n) is 9.72. The topological polar surface area (TPSA) is 58.5 Å². The Bertz CT molecular complexity index is 1290. The third kappa shape index (κ3) is 5.88. The van der Waals surface area contributed by atoms with E-state index in [0.29, 0.717) is 23.6 Å². The quantitative estimate of drug-likeness (QED) is 0.426. The molecule has 4 unspecified atom stereocenters. The van der Waals surface area contributed by atoms with E-state index in [2.05, 4.69) is 32.2 Å². The predicted octanol–water partition coefficient (Wildman–Crippen LogP) is 6.01. The van der Waals surface area contributed by atoms with Gasteiger partial charge in [-0.3, -0.25) is 4.90 Å². The fourth-order valence-electron chi connectivity index (χ4n) is 5.46. The number of hydrazine groups is 1. The van der Waals surface area contributed by atoms with Crippen LogP contribution in [0.25, 0.3) is 11.8 Å². The van der Waals surface area contributed by atoms with Crippen molar-refractivity contribution in [2.45, 2.75) is 71.0 Å². The molecule has 4 atom stereocenters. The standard InChI is InChI=1S/C27H31F3N6O.C2H6/c1-17-15-35(16-31-17)23-13-10-19(32-25(23)37-4)11-14-24-33-36-18(2)9-12-21(26(36)34(24)3)20-7-5-6-8-22(20)27(28,29)30;1-2/h5-8,10-11,13-16,18,21,24,26,33H,9,12H2,1-4H3;1-2H3/b14-11+;. The number of aromatic nitrogens is 3. The van der Waals surface area contributed by atoms with Crippen LogP contribution in [0.4, 0.5) is 13.2 Å². The van der Waals surface area contributed by atoms with Crippen molar-refractivity contribution in [3.8, 4) is 11.6 Å². The molecule has 3 aromatic rings. The minimum Gasteiger partial charge on any atom is -0.479 e. The summed E-state index contributed by atoms with van der Waals surface area (Å²) in [6.45, 7) is 8.02. The molecule has 0 bridgehead atoms. The number of fused-ring (bicyclic) bond motifs is 1. The van der Waals surface area contributed by atoms with E-state index in [0.717, 1.165) is 17.8 Å². The first kappa shape index (κ1) is 28.8. The summed E-state index contributed by atoms with van der Waals surface area (Å²) in [5, 5.41) is 2.11. The molecule has 4 heterocycles. The lowest BCUT2D eigenvalue weighted by Crippen LogP contribution is -2.52. The Hall–Kier alpha value is -3.21. The first-order chi connectivity index (χ1) is 18.7. The Morgan fingerprint density at radius 1 is 1.10 bits per heavy atom. The number of pyridine rings is 1. The summed E-state index contributed by atoms with van der Waals surface area (Å²) >= 11 is 0. The van der Waals surface area contributed by atoms with Crippen molar-refractivity contribution >= 4 is 6.08 Å². The van der Waals surface area contributed by atoms with Crippen LogP contribution in [0.15, 0.2) is 55.0 Å². The first-order valence-corrected chi connectivity index (χ1v) is 13.3. The smallest absolute Gasteiger partial charge is 0.416 e. The zero-order chi connectivity index (χ0) is 28.3. The summed E-state index contributed by atoms with van der Waals surface area (Å²) in [7, 11) is 3.53. The average Bonchev–Trinajstić information content (AvgIpc) is 3.52. The summed E-state index contributed by atoms with van der Waals surface area (Å²) in [4.78, 5) is 11.0. The van der Waals surface area contributed by atoms with Gasteiger partial charge in [-0.1, -0.05) is 32.0 Å². The van der Waals surface area contributed by atoms with Crippen LogP contribution in [0.1, 0.15) is 62.0 Å². The molecule has 0 amide bonds. The fourth-order valence-corrected chi connectivity index (χ4v) is 5.46. The maximum atomic E-state index is 13.8. The van der Waals surface area contributed by atoms with Crippen molar-refractivity contribution in [1.29, 1.82) is 0 Å². The molecule has 0 aliphatic carbocycles. The third-order valence-corrected chi connectivity index (χ3v) is 7.31. The van der Waals surface area contributed by atoms with Gasteiger partial charge < -0.3 is 9.30 Å². The molecule has 2 aliphatic heterocycles. The summed E-state index contributed by atoms with van der Waals surface area (Å²) in [5.41, 5.74) is 5.70. The van der Waals surface area contributed by atoms with Gasteiger partial charge in [0.05, 0.1) is 42.7 Å². The van der Waals surface area contributed by atoms with Gasteiger partial charge in [-0.15, -0.1) is 0 Å². The lowest BCUT2D eigenvalue weighted by atomic mass is 9.83. The van der Waals surface area contributed by atoms with Gasteiger partial charge in [-0.2, -0.15) is 13.2 Å². The van der Waals surface area contributed by atoms with E-state index >= 15 is 0 Å². The van der Waals surface area contributed by atoms with Crippen LogP contribution in [-0.2, 0) is 6.18 Å². The minimum absolute atomic E-state index is 0.191. The van der Waals surface area contributed by atoms with Gasteiger partial charge in [0.25, 0.3) is 0 Å². The van der Waals surface area contributed by atoms with Crippen molar-refractivity contribution in [1.82, 2.24) is 29.9 Å². The van der Waals surface area contributed by atoms with Gasteiger partial charge >= 0.3 is 6.18 Å². The maximum Gasteiger partial charge on any atom is 0.416 e. The molecule has 7 nitrogen and oxygen atoms in total. The van der Waals surface area contributed by atoms with Crippen LogP contribution in [0, 0.1) is 6.92 Å². The summed E-state index contributed by atoms with van der Waals surface area (Å²) < 4.78 is 48.9. The molecular formula is C29H37F3N6O. The number of hydrogen-bond acceptors (Lipinski definition) is 6. The molecule has 0 radical (unpaired) electrons. The zero-order valence-corrected chi connectivity index (χ0v) is 23.3. The number of ether oxygens (including phenoxy) is 1. The Balaban J connectivity index is 0.00000172. The van der Waals surface area contributed by atoms with Gasteiger partial charge in [0.2, 0.25) is 5.88 Å². The number of imidazole rings is 1. The summed E-state index contributed by atoms with van der Waals surface area (Å²) in [6.07, 6.45) is 4.20. The number of aryl methyl sites for hydroxylation is 1. The third-order valence-electron chi connectivity index (χ3n) is 7.31. The van der Waals surface area contributed by atoms with Crippen molar-refractivity contribution < 1.29 is 17.9 Å². The molecule has 1 N–H and O–H groups in total. The SMILES string of the molecule is CC.COc1nc(/C=C/C2NN3C(C)CCC(c4ccccc4C(F)(F)F)C3N2C)ccc1-n1cnc(C)c1. The molecule has 2 aliphatic rings. The number of halogens is 3. The molecular weight excluding hydrogens is 505 g/mol. The number of rotatable bonds is 5. The van der Waals surface area contributed by atoms with E-state index in [9.17, 15) is 13.2 Å². The van der Waals surface area contributed by atoms with Crippen molar-refractivity contribution in [3.63, 3.8) is 0 Å². The lowest BCUT2D eigenvalue weighted by molar-refractivity contribution is -0.138. The van der Waals surface area contributed by atoms with Gasteiger partial charge in [-0.05, 0) is 69.7 Å². The van der Waals surface area contributed by atoms with Crippen LogP contribution in [0.5, 0.6) is 5.88 Å². The maximum absolute atomic E-state index is 13.8. The lowest BCUT2D eigenvalue weighted by Gasteiger charge is -2.42. The molecule has 2 saturated heterocycles. The summed E-state index contributed by atoms with van der Waals surface area (Å²) in [6, 6.07) is 9.98. The predicted molar refractivity (Wildman–Crippen MR) is 146 cm³/mol. The van der Waals surface area contributed by atoms with Gasteiger partial charge in [-0.25, -0.2) is 20.4 Å². The molecule has 39 heavy (non-hydrogen) atoms. The van der Waals surface area contributed by atoms with Gasteiger partial charge in [0.15, 0.2) is 0 Å². The highest BCUT2D eigenvalue weighted by Crippen LogP contribution is 2.44. The molecule has 5 rings (SSSR count). The number of alkyl halides is 3. The molecule has 10 heteroatoms. The number of hydrogen-bond donors (Lipinski definition) is 1. The molecule has 2 aromatic heterocycles. The highest BCUT2D eigenvalue weighted by atomic mass is 19.4. The fraction of sp³-hybridized carbons (Fsp3) is 0.448. The Labute approximate surface area is 228 Å². The van der Waals surface area contributed by atoms with Crippen molar-refractivity contribution in [2.24, 2.45) is 0 Å². The van der Waals surface area contributed by atoms with E-state index in [4.69, 9.17) is 4.74 Å². The van der Waals surface area contributed by atoms with Crippen LogP contribution in [0.3, 0.4) is 0 Å². The number of nitrogens with zero attached hydrogens (tertiary/aromatic N) is 5. The molecule has 1 aromatic carbocycles. The molecule has 0 spiro atoms. The highest BCUT2D eigenvalue weighted by molar-refractivity contribution is 5.52. The van der Waals surface area contributed by atoms with E-state index < -0.39 is 11.7 Å². The number of methoxy groups -OCH3 is 1. The highest BCUT2D eigenvalue weighted by Gasteiger charge is 2.48. The van der Waals surface area contributed by atoms with Gasteiger partial charge in [0.1, 0.15) is 5.69 Å². The Morgan fingerprint density at radius 2 is 1.85 bits per heavy atom. The molecule has 210 valence electrons. The number of nitrogens with one attached hydrogen (secondary N) is 1. The average molecular weight is 543 g/mol. The van der Waals surface area contributed by atoms with E-state index in [1.807, 2.05) is 62.9 Å². The van der Waals surface area contributed by atoms with Crippen LogP contribution in [0.2, 0.25) is 0 Å². The molecule has 2 fully saturated rings. The zero-order valence-electron chi connectivity index (χ0n) is 23.3. The number of piperidine rings is 1. The Morgan fingerprint density at radius 3 is 2.51 bits per heavy atom. The van der Waals surface area contributed by atoms with Crippen molar-refractivity contribution in [2.75, 3.05) is 14.2 Å². The largest absolute Gasteiger partial charge is 0.479 e. The van der Waals surface area contributed by atoms with Crippen LogP contribution in [-0.4, -0.2) is 57.0 Å². The normalized spacial score (nSPS) is 23.9. The van der Waals surface area contributed by atoms with E-state index in [1.165, 1.54) is 12.1 Å². The van der Waals surface area contributed by atoms with Crippen LogP contribution >= 0.6 is 0 Å². The minimum atomic E-state index is -4.39. The molecule has 0 saturated carbocycles. The number of likely N-dealkylation sites (N-methyl/N-ethyl adjacent to an activating group) is 1. The monoisotopic (exact) mass is 542 g/mol. The number of benzene rings is 1. The van der Waals surface area contributed by atoms with Crippen LogP contribution < -0.4 is 10.2 Å². The second kappa shape index (κ2) is 11.9. The van der Waals surface area contributed by atoms with E-state index in [-0.39, 0.29) is 24.3 Å². The Kier molecular flexibility index (Phi) is 8.78. The first-order valence-electron chi connectivity index (χ1n) is 13.3.